The van der Waals surface area contributed by atoms with E-state index in [9.17, 15) is 29.1 Å². The summed E-state index contributed by atoms with van der Waals surface area (Å²) in [5.41, 5.74) is 14.6. The van der Waals surface area contributed by atoms with Gasteiger partial charge in [-0.2, -0.15) is 12.6 Å². The Kier molecular flexibility index (Phi) is 10.6. The fourth-order valence-corrected chi connectivity index (χ4v) is 5.18. The summed E-state index contributed by atoms with van der Waals surface area (Å²) in [4.78, 5) is 69.1. The first kappa shape index (κ1) is 32.1. The molecule has 0 fully saturated rings. The Balaban J connectivity index is 1.41. The molecule has 0 spiro atoms. The number of fused-ring (bicyclic) bond motifs is 2. The number of aliphatic carboxylic acids is 1. The second-order valence-electron chi connectivity index (χ2n) is 10.4. The summed E-state index contributed by atoms with van der Waals surface area (Å²) >= 11 is 4.18. The number of amides is 4. The first-order valence-electron chi connectivity index (χ1n) is 14.0. The molecule has 232 valence electrons. The van der Waals surface area contributed by atoms with Crippen LogP contribution in [0.15, 0.2) is 60.9 Å². The van der Waals surface area contributed by atoms with Gasteiger partial charge in [0.1, 0.15) is 18.1 Å². The zero-order chi connectivity index (χ0) is 31.8. The Morgan fingerprint density at radius 2 is 1.25 bits per heavy atom. The summed E-state index contributed by atoms with van der Waals surface area (Å²) < 4.78 is 0. The van der Waals surface area contributed by atoms with Gasteiger partial charge in [0.2, 0.25) is 23.6 Å². The monoisotopic (exact) mass is 621 g/mol. The van der Waals surface area contributed by atoms with Gasteiger partial charge in [-0.25, -0.2) is 4.79 Å². The zero-order valence-electron chi connectivity index (χ0n) is 23.7. The summed E-state index contributed by atoms with van der Waals surface area (Å²) in [6.45, 7) is 0. The number of hydrogen-bond acceptors (Lipinski definition) is 7. The van der Waals surface area contributed by atoms with Gasteiger partial charge in [0, 0.05) is 52.8 Å². The Morgan fingerprint density at radius 3 is 1.80 bits per heavy atom. The van der Waals surface area contributed by atoms with E-state index in [4.69, 9.17) is 11.5 Å². The van der Waals surface area contributed by atoms with E-state index in [-0.39, 0.29) is 31.4 Å². The fraction of sp³-hybridized carbons (Fsp3) is 0.300. The topological polar surface area (TPSA) is 225 Å². The highest BCUT2D eigenvalue weighted by atomic mass is 32.1. The molecule has 10 N–H and O–H groups in total. The molecule has 0 radical (unpaired) electrons. The summed E-state index contributed by atoms with van der Waals surface area (Å²) in [6.07, 6.45) is 3.15. The van der Waals surface area contributed by atoms with Gasteiger partial charge in [0.05, 0.1) is 6.04 Å². The van der Waals surface area contributed by atoms with Crippen molar-refractivity contribution in [2.24, 2.45) is 11.5 Å². The van der Waals surface area contributed by atoms with Crippen LogP contribution in [0.2, 0.25) is 0 Å². The van der Waals surface area contributed by atoms with E-state index in [1.54, 1.807) is 12.4 Å². The maximum Gasteiger partial charge on any atom is 0.326 e. The van der Waals surface area contributed by atoms with Crippen LogP contribution < -0.4 is 27.4 Å². The van der Waals surface area contributed by atoms with Gasteiger partial charge in [0.15, 0.2) is 0 Å². The molecule has 0 saturated heterocycles. The van der Waals surface area contributed by atoms with Crippen molar-refractivity contribution in [1.82, 2.24) is 25.9 Å². The number of nitrogens with one attached hydrogen (secondary N) is 5. The van der Waals surface area contributed by atoms with Crippen molar-refractivity contribution in [2.45, 2.75) is 49.9 Å². The third kappa shape index (κ3) is 7.96. The van der Waals surface area contributed by atoms with Crippen molar-refractivity contribution in [3.63, 3.8) is 0 Å². The van der Waals surface area contributed by atoms with Crippen LogP contribution in [0.3, 0.4) is 0 Å². The molecule has 0 saturated carbocycles. The molecule has 4 atom stereocenters. The van der Waals surface area contributed by atoms with Gasteiger partial charge in [-0.15, -0.1) is 0 Å². The van der Waals surface area contributed by atoms with Crippen LogP contribution in [-0.2, 0) is 36.8 Å². The van der Waals surface area contributed by atoms with E-state index in [0.717, 1.165) is 27.4 Å². The van der Waals surface area contributed by atoms with Gasteiger partial charge in [-0.1, -0.05) is 36.4 Å². The molecule has 0 aliphatic rings. The molecule has 4 aromatic rings. The van der Waals surface area contributed by atoms with Crippen LogP contribution in [0.4, 0.5) is 0 Å². The summed E-state index contributed by atoms with van der Waals surface area (Å²) in [5.74, 6) is -4.32. The van der Waals surface area contributed by atoms with Crippen LogP contribution in [-0.4, -0.2) is 74.6 Å². The van der Waals surface area contributed by atoms with Gasteiger partial charge in [-0.3, -0.25) is 19.2 Å². The molecule has 0 aliphatic heterocycles. The Morgan fingerprint density at radius 1 is 0.750 bits per heavy atom. The molecule has 4 unspecified atom stereocenters. The molecule has 4 rings (SSSR count). The lowest BCUT2D eigenvalue weighted by atomic mass is 10.0. The number of hydrogen-bond donors (Lipinski definition) is 9. The number of benzene rings is 2. The van der Waals surface area contributed by atoms with Crippen LogP contribution in [0, 0.1) is 0 Å². The second kappa shape index (κ2) is 14.6. The molecule has 2 aromatic carbocycles. The number of nitrogens with two attached hydrogens (primary N) is 2. The lowest BCUT2D eigenvalue weighted by molar-refractivity contribution is -0.142. The predicted molar refractivity (Wildman–Crippen MR) is 168 cm³/mol. The molecule has 4 amide bonds. The number of H-pyrrole nitrogens is 2. The minimum Gasteiger partial charge on any atom is -0.480 e. The normalized spacial score (nSPS) is 14.0. The molecule has 2 aromatic heterocycles. The summed E-state index contributed by atoms with van der Waals surface area (Å²) in [5, 5.41) is 19.1. The number of carboxylic acids is 1. The number of thiol groups is 1. The Bertz CT molecular complexity index is 1670. The van der Waals surface area contributed by atoms with Gasteiger partial charge < -0.3 is 42.5 Å². The number of aromatic amines is 2. The van der Waals surface area contributed by atoms with Crippen LogP contribution in [0.25, 0.3) is 21.8 Å². The minimum atomic E-state index is -1.34. The fourth-order valence-electron chi connectivity index (χ4n) is 4.92. The largest absolute Gasteiger partial charge is 0.480 e. The SMILES string of the molecule is NC(=O)CCC(NC(=O)C(CS)NC(=O)C(N)Cc1c[nH]c2ccccc12)C(=O)NC(Cc1c[nH]c2ccccc12)C(=O)O. The molecule has 14 heteroatoms. The molecule has 44 heavy (non-hydrogen) atoms. The maximum atomic E-state index is 13.2. The Hall–Kier alpha value is -4.82. The van der Waals surface area contributed by atoms with E-state index in [1.165, 1.54) is 0 Å². The van der Waals surface area contributed by atoms with Crippen molar-refractivity contribution >= 4 is 64.0 Å². The molecular weight excluding hydrogens is 586 g/mol. The van der Waals surface area contributed by atoms with E-state index in [2.05, 4.69) is 38.5 Å². The van der Waals surface area contributed by atoms with Crippen molar-refractivity contribution in [3.8, 4) is 0 Å². The average molecular weight is 622 g/mol. The highest BCUT2D eigenvalue weighted by Crippen LogP contribution is 2.20. The first-order valence-corrected chi connectivity index (χ1v) is 14.6. The van der Waals surface area contributed by atoms with Crippen LogP contribution in [0.5, 0.6) is 0 Å². The van der Waals surface area contributed by atoms with Crippen molar-refractivity contribution in [3.05, 3.63) is 72.1 Å². The van der Waals surface area contributed by atoms with E-state index in [0.29, 0.717) is 5.56 Å². The standard InChI is InChI=1S/C30H35N7O6S/c31-20(11-16-13-33-21-7-3-1-5-18(16)21)27(39)37-25(15-44)29(41)35-23(9-10-26(32)38)28(40)36-24(30(42)43)12-17-14-34-22-8-4-2-6-19(17)22/h1-8,13-14,20,23-25,33-34,44H,9-12,15,31H2,(H2,32,38)(H,35,41)(H,36,40)(H,37,39)(H,42,43). The summed E-state index contributed by atoms with van der Waals surface area (Å²) in [7, 11) is 0. The van der Waals surface area contributed by atoms with Crippen LogP contribution in [0.1, 0.15) is 24.0 Å². The molecule has 2 heterocycles. The quantitative estimate of drug-likeness (QED) is 0.0853. The predicted octanol–water partition coefficient (Wildman–Crippen LogP) is 0.496. The van der Waals surface area contributed by atoms with Crippen molar-refractivity contribution < 1.29 is 29.1 Å². The van der Waals surface area contributed by atoms with Gasteiger partial charge in [-0.05, 0) is 36.1 Å². The number of para-hydroxylation sites is 2. The number of rotatable bonds is 15. The highest BCUT2D eigenvalue weighted by molar-refractivity contribution is 7.80. The second-order valence-corrected chi connectivity index (χ2v) is 10.8. The average Bonchev–Trinajstić information content (AvgIpc) is 3.61. The maximum absolute atomic E-state index is 13.2. The van der Waals surface area contributed by atoms with Crippen molar-refractivity contribution in [1.29, 1.82) is 0 Å². The molecule has 0 bridgehead atoms. The van der Waals surface area contributed by atoms with Gasteiger partial charge >= 0.3 is 5.97 Å². The lowest BCUT2D eigenvalue weighted by Crippen LogP contribution is -2.58. The summed E-state index contributed by atoms with van der Waals surface area (Å²) in [6, 6.07) is 10.1. The minimum absolute atomic E-state index is 0.0365. The van der Waals surface area contributed by atoms with E-state index in [1.807, 2.05) is 48.5 Å². The number of carbonyl (C=O) groups excluding carboxylic acids is 4. The van der Waals surface area contributed by atoms with E-state index < -0.39 is 53.8 Å². The van der Waals surface area contributed by atoms with Crippen LogP contribution >= 0.6 is 12.6 Å². The molecule has 0 aliphatic carbocycles. The third-order valence-electron chi connectivity index (χ3n) is 7.29. The molecular formula is C30H35N7O6S. The zero-order valence-corrected chi connectivity index (χ0v) is 24.6. The smallest absolute Gasteiger partial charge is 0.326 e. The van der Waals surface area contributed by atoms with Gasteiger partial charge in [0.25, 0.3) is 0 Å². The lowest BCUT2D eigenvalue weighted by Gasteiger charge is -2.24. The number of aromatic nitrogens is 2. The Labute approximate surface area is 257 Å². The highest BCUT2D eigenvalue weighted by Gasteiger charge is 2.30. The number of carbonyl (C=O) groups is 5. The number of primary amides is 1. The third-order valence-corrected chi connectivity index (χ3v) is 7.66. The van der Waals surface area contributed by atoms with E-state index >= 15 is 0 Å². The number of carboxylic acid groups (broad SMARTS) is 1. The molecule has 13 nitrogen and oxygen atoms in total. The first-order chi connectivity index (χ1) is 21.1. The van der Waals surface area contributed by atoms with Crippen molar-refractivity contribution in [2.75, 3.05) is 5.75 Å².